The maximum atomic E-state index is 11.6. The van der Waals surface area contributed by atoms with Crippen LogP contribution in [0.2, 0.25) is 0 Å². The smallest absolute Gasteiger partial charge is 0.236 e. The standard InChI is InChI=1S/C15H20N2O2/c1-13(15(18)17-11-12-19-2)16-10-6-9-14-7-4-3-5-8-14/h3-5,7-8,13,16H,10-12H2,1-2H3,(H,17,18). The van der Waals surface area contributed by atoms with Crippen LogP contribution in [-0.4, -0.2) is 38.8 Å². The van der Waals surface area contributed by atoms with Gasteiger partial charge in [0, 0.05) is 19.2 Å². The molecule has 0 aliphatic rings. The number of methoxy groups -OCH3 is 1. The van der Waals surface area contributed by atoms with Gasteiger partial charge in [-0.25, -0.2) is 0 Å². The highest BCUT2D eigenvalue weighted by atomic mass is 16.5. The Morgan fingerprint density at radius 1 is 1.37 bits per heavy atom. The van der Waals surface area contributed by atoms with E-state index in [9.17, 15) is 4.79 Å². The number of amides is 1. The highest BCUT2D eigenvalue weighted by Gasteiger charge is 2.09. The number of hydrogen-bond donors (Lipinski definition) is 2. The van der Waals surface area contributed by atoms with Gasteiger partial charge < -0.3 is 10.1 Å². The number of ether oxygens (including phenoxy) is 1. The van der Waals surface area contributed by atoms with Crippen LogP contribution < -0.4 is 10.6 Å². The van der Waals surface area contributed by atoms with Gasteiger partial charge in [-0.15, -0.1) is 0 Å². The van der Waals surface area contributed by atoms with Gasteiger partial charge >= 0.3 is 0 Å². The Hall–Kier alpha value is -1.83. The van der Waals surface area contributed by atoms with Crippen molar-refractivity contribution in [1.29, 1.82) is 0 Å². The Kier molecular flexibility index (Phi) is 7.33. The van der Waals surface area contributed by atoms with Crippen molar-refractivity contribution in [3.63, 3.8) is 0 Å². The second-order valence-corrected chi connectivity index (χ2v) is 4.05. The SMILES string of the molecule is COCCNC(=O)C(C)NCC#Cc1ccccc1. The predicted molar refractivity (Wildman–Crippen MR) is 75.7 cm³/mol. The lowest BCUT2D eigenvalue weighted by molar-refractivity contribution is -0.122. The van der Waals surface area contributed by atoms with E-state index in [0.29, 0.717) is 19.7 Å². The van der Waals surface area contributed by atoms with Gasteiger partial charge in [-0.1, -0.05) is 30.0 Å². The maximum Gasteiger partial charge on any atom is 0.236 e. The molecular formula is C15H20N2O2. The second-order valence-electron chi connectivity index (χ2n) is 4.05. The molecular weight excluding hydrogens is 240 g/mol. The zero-order chi connectivity index (χ0) is 13.9. The first-order chi connectivity index (χ1) is 9.24. The normalized spacial score (nSPS) is 11.3. The van der Waals surface area contributed by atoms with E-state index in [2.05, 4.69) is 22.5 Å². The molecule has 1 unspecified atom stereocenters. The first kappa shape index (κ1) is 15.2. The second kappa shape index (κ2) is 9.15. The topological polar surface area (TPSA) is 50.4 Å². The molecule has 0 spiro atoms. The molecule has 1 amide bonds. The van der Waals surface area contributed by atoms with Crippen molar-refractivity contribution < 1.29 is 9.53 Å². The third kappa shape index (κ3) is 6.61. The van der Waals surface area contributed by atoms with E-state index in [1.807, 2.05) is 37.3 Å². The summed E-state index contributed by atoms with van der Waals surface area (Å²) < 4.78 is 4.86. The Morgan fingerprint density at radius 2 is 2.11 bits per heavy atom. The fourth-order valence-electron chi connectivity index (χ4n) is 1.39. The molecule has 0 aliphatic carbocycles. The predicted octanol–water partition coefficient (Wildman–Crippen LogP) is 0.779. The van der Waals surface area contributed by atoms with E-state index in [1.54, 1.807) is 7.11 Å². The summed E-state index contributed by atoms with van der Waals surface area (Å²) in [5.41, 5.74) is 0.974. The van der Waals surface area contributed by atoms with Gasteiger partial charge in [0.25, 0.3) is 0 Å². The minimum atomic E-state index is -0.262. The number of benzene rings is 1. The third-order valence-corrected chi connectivity index (χ3v) is 2.50. The van der Waals surface area contributed by atoms with Crippen LogP contribution in [0.3, 0.4) is 0 Å². The van der Waals surface area contributed by atoms with E-state index in [0.717, 1.165) is 5.56 Å². The van der Waals surface area contributed by atoms with E-state index in [4.69, 9.17) is 4.74 Å². The molecule has 4 nitrogen and oxygen atoms in total. The van der Waals surface area contributed by atoms with Crippen molar-refractivity contribution in [1.82, 2.24) is 10.6 Å². The van der Waals surface area contributed by atoms with E-state index < -0.39 is 0 Å². The van der Waals surface area contributed by atoms with Gasteiger partial charge in [-0.05, 0) is 19.1 Å². The highest BCUT2D eigenvalue weighted by Crippen LogP contribution is 1.94. The maximum absolute atomic E-state index is 11.6. The summed E-state index contributed by atoms with van der Waals surface area (Å²) in [4.78, 5) is 11.6. The minimum Gasteiger partial charge on any atom is -0.383 e. The average molecular weight is 260 g/mol. The summed E-state index contributed by atoms with van der Waals surface area (Å²) in [6.45, 7) is 3.34. The Morgan fingerprint density at radius 3 is 2.79 bits per heavy atom. The van der Waals surface area contributed by atoms with Gasteiger partial charge in [0.05, 0.1) is 19.2 Å². The van der Waals surface area contributed by atoms with Gasteiger partial charge in [-0.2, -0.15) is 0 Å². The molecule has 0 aliphatic heterocycles. The fraction of sp³-hybridized carbons (Fsp3) is 0.400. The zero-order valence-electron chi connectivity index (χ0n) is 11.4. The summed E-state index contributed by atoms with van der Waals surface area (Å²) in [5.74, 6) is 5.97. The van der Waals surface area contributed by atoms with E-state index >= 15 is 0 Å². The van der Waals surface area contributed by atoms with Crippen LogP contribution in [0, 0.1) is 11.8 Å². The molecule has 0 heterocycles. The lowest BCUT2D eigenvalue weighted by Crippen LogP contribution is -2.43. The van der Waals surface area contributed by atoms with Gasteiger partial charge in [0.1, 0.15) is 0 Å². The molecule has 1 aromatic rings. The molecule has 4 heteroatoms. The van der Waals surface area contributed by atoms with E-state index in [-0.39, 0.29) is 11.9 Å². The van der Waals surface area contributed by atoms with Crippen molar-refractivity contribution in [2.45, 2.75) is 13.0 Å². The van der Waals surface area contributed by atoms with Crippen LogP contribution >= 0.6 is 0 Å². The van der Waals surface area contributed by atoms with Crippen LogP contribution in [0.1, 0.15) is 12.5 Å². The molecule has 102 valence electrons. The molecule has 2 N–H and O–H groups in total. The van der Waals surface area contributed by atoms with Crippen LogP contribution in [0.5, 0.6) is 0 Å². The molecule has 0 fully saturated rings. The van der Waals surface area contributed by atoms with Crippen molar-refractivity contribution in [3.8, 4) is 11.8 Å². The molecule has 19 heavy (non-hydrogen) atoms. The molecule has 1 aromatic carbocycles. The first-order valence-electron chi connectivity index (χ1n) is 6.28. The number of hydrogen-bond acceptors (Lipinski definition) is 3. The molecule has 1 atom stereocenters. The summed E-state index contributed by atoms with van der Waals surface area (Å²) >= 11 is 0. The van der Waals surface area contributed by atoms with Gasteiger partial charge in [-0.3, -0.25) is 10.1 Å². The van der Waals surface area contributed by atoms with Crippen LogP contribution in [0.4, 0.5) is 0 Å². The molecule has 1 rings (SSSR count). The monoisotopic (exact) mass is 260 g/mol. The number of rotatable bonds is 6. The minimum absolute atomic E-state index is 0.0430. The molecule has 0 bridgehead atoms. The Balaban J connectivity index is 2.25. The van der Waals surface area contributed by atoms with Crippen LogP contribution in [-0.2, 0) is 9.53 Å². The lowest BCUT2D eigenvalue weighted by Gasteiger charge is -2.11. The van der Waals surface area contributed by atoms with Gasteiger partial charge in [0.15, 0.2) is 0 Å². The Labute approximate surface area is 114 Å². The molecule has 0 saturated carbocycles. The lowest BCUT2D eigenvalue weighted by atomic mass is 10.2. The number of nitrogens with one attached hydrogen (secondary N) is 2. The summed E-state index contributed by atoms with van der Waals surface area (Å²) in [7, 11) is 1.60. The summed E-state index contributed by atoms with van der Waals surface area (Å²) in [5, 5.41) is 5.82. The highest BCUT2D eigenvalue weighted by molar-refractivity contribution is 5.81. The molecule has 0 saturated heterocycles. The van der Waals surface area contributed by atoms with Crippen molar-refractivity contribution in [3.05, 3.63) is 35.9 Å². The fourth-order valence-corrected chi connectivity index (χ4v) is 1.39. The first-order valence-corrected chi connectivity index (χ1v) is 6.28. The van der Waals surface area contributed by atoms with Gasteiger partial charge in [0.2, 0.25) is 5.91 Å². The number of carbonyl (C=O) groups is 1. The van der Waals surface area contributed by atoms with Crippen molar-refractivity contribution in [2.24, 2.45) is 0 Å². The third-order valence-electron chi connectivity index (χ3n) is 2.50. The zero-order valence-corrected chi connectivity index (χ0v) is 11.4. The molecule has 0 radical (unpaired) electrons. The number of carbonyl (C=O) groups excluding carboxylic acids is 1. The Bertz CT molecular complexity index is 434. The van der Waals surface area contributed by atoms with Crippen LogP contribution in [0.15, 0.2) is 30.3 Å². The molecule has 0 aromatic heterocycles. The van der Waals surface area contributed by atoms with Crippen LogP contribution in [0.25, 0.3) is 0 Å². The quantitative estimate of drug-likeness (QED) is 0.587. The summed E-state index contributed by atoms with van der Waals surface area (Å²) in [6.07, 6.45) is 0. The average Bonchev–Trinajstić information content (AvgIpc) is 2.44. The van der Waals surface area contributed by atoms with Crippen molar-refractivity contribution >= 4 is 5.91 Å². The largest absolute Gasteiger partial charge is 0.383 e. The van der Waals surface area contributed by atoms with E-state index in [1.165, 1.54) is 0 Å². The summed E-state index contributed by atoms with van der Waals surface area (Å²) in [6, 6.07) is 9.49. The van der Waals surface area contributed by atoms with Crippen molar-refractivity contribution in [2.75, 3.05) is 26.8 Å².